The van der Waals surface area contributed by atoms with Crippen LogP contribution in [0.25, 0.3) is 77.2 Å². The van der Waals surface area contributed by atoms with Crippen LogP contribution in [0.1, 0.15) is 34.8 Å². The minimum absolute atomic E-state index is 0.200. The molecule has 59 heavy (non-hydrogen) atoms. The molecule has 2 aromatic heterocycles. The molecule has 0 amide bonds. The summed E-state index contributed by atoms with van der Waals surface area (Å²) in [6.45, 7) is 4.24. The van der Waals surface area contributed by atoms with Gasteiger partial charge in [-0.05, 0) is 118 Å². The molecule has 0 spiro atoms. The Balaban J connectivity index is 1.27. The first kappa shape index (κ1) is 33.8. The van der Waals surface area contributed by atoms with Gasteiger partial charge in [0.25, 0.3) is 0 Å². The Kier molecular flexibility index (Phi) is 7.37. The zero-order valence-corrected chi connectivity index (χ0v) is 33.0. The minimum Gasteiger partial charge on any atom is -0.296 e. The van der Waals surface area contributed by atoms with Crippen LogP contribution in [0, 0.1) is 19.8 Å². The van der Waals surface area contributed by atoms with E-state index in [0.29, 0.717) is 0 Å². The first-order chi connectivity index (χ1) is 29.1. The van der Waals surface area contributed by atoms with Crippen LogP contribution in [-0.4, -0.2) is 19.1 Å². The molecule has 2 aliphatic rings. The molecule has 280 valence electrons. The van der Waals surface area contributed by atoms with Gasteiger partial charge in [-0.2, -0.15) is 0 Å². The molecule has 0 aliphatic heterocycles. The maximum absolute atomic E-state index is 5.06. The number of aromatic nitrogens is 4. The van der Waals surface area contributed by atoms with Crippen molar-refractivity contribution in [3.8, 4) is 33.6 Å². The summed E-state index contributed by atoms with van der Waals surface area (Å²) in [7, 11) is 0. The molecule has 10 aromatic rings. The summed E-state index contributed by atoms with van der Waals surface area (Å²) < 4.78 is 4.68. The molecule has 0 saturated heterocycles. The second-order valence-electron chi connectivity index (χ2n) is 16.1. The second kappa shape index (κ2) is 12.9. The number of hydrogen-bond donors (Lipinski definition) is 0. The Morgan fingerprint density at radius 1 is 0.508 bits per heavy atom. The lowest BCUT2D eigenvalue weighted by Gasteiger charge is -2.41. The quantitative estimate of drug-likeness (QED) is 0.164. The van der Waals surface area contributed by atoms with Crippen LogP contribution in [-0.2, 0) is 5.41 Å². The fourth-order valence-electron chi connectivity index (χ4n) is 10.8. The zero-order chi connectivity index (χ0) is 39.2. The van der Waals surface area contributed by atoms with E-state index < -0.39 is 5.41 Å². The topological polar surface area (TPSA) is 35.6 Å². The molecule has 0 saturated carbocycles. The zero-order valence-electron chi connectivity index (χ0n) is 33.0. The van der Waals surface area contributed by atoms with Crippen molar-refractivity contribution < 1.29 is 0 Å². The van der Waals surface area contributed by atoms with Gasteiger partial charge in [-0.1, -0.05) is 146 Å². The third-order valence-electron chi connectivity index (χ3n) is 13.1. The highest BCUT2D eigenvalue weighted by Crippen LogP contribution is 2.61. The maximum Gasteiger partial charge on any atom is 0.111 e. The van der Waals surface area contributed by atoms with E-state index in [0.717, 1.165) is 51.5 Å². The van der Waals surface area contributed by atoms with Gasteiger partial charge < -0.3 is 0 Å². The molecule has 0 bridgehead atoms. The summed E-state index contributed by atoms with van der Waals surface area (Å²) in [5.41, 5.74) is 15.1. The van der Waals surface area contributed by atoms with Crippen molar-refractivity contribution in [1.29, 1.82) is 0 Å². The molecule has 4 heteroatoms. The van der Waals surface area contributed by atoms with E-state index in [1.54, 1.807) is 0 Å². The van der Waals surface area contributed by atoms with Crippen molar-refractivity contribution in [3.63, 3.8) is 0 Å². The van der Waals surface area contributed by atoms with E-state index in [2.05, 4.69) is 211 Å². The van der Waals surface area contributed by atoms with Crippen LogP contribution in [0.5, 0.6) is 0 Å². The predicted molar refractivity (Wildman–Crippen MR) is 244 cm³/mol. The molecule has 0 radical (unpaired) electrons. The Labute approximate surface area is 343 Å². The van der Waals surface area contributed by atoms with E-state index in [4.69, 9.17) is 9.97 Å². The van der Waals surface area contributed by atoms with Gasteiger partial charge in [0.1, 0.15) is 11.6 Å². The number of hydrogen-bond acceptors (Lipinski definition) is 2. The average molecular weight is 757 g/mol. The Hall–Kier alpha value is -7.30. The first-order valence-electron chi connectivity index (χ1n) is 20.6. The van der Waals surface area contributed by atoms with Crippen LogP contribution in [0.3, 0.4) is 0 Å². The fraction of sp³-hybridized carbons (Fsp3) is 0.0909. The number of allylic oxidation sites excluding steroid dienone is 4. The van der Waals surface area contributed by atoms with E-state index in [1.165, 1.54) is 60.5 Å². The molecule has 4 nitrogen and oxygen atoms in total. The summed E-state index contributed by atoms with van der Waals surface area (Å²) in [4.78, 5) is 10.1. The van der Waals surface area contributed by atoms with E-state index in [1.807, 2.05) is 0 Å². The highest BCUT2D eigenvalue weighted by molar-refractivity contribution is 6.18. The van der Waals surface area contributed by atoms with Crippen molar-refractivity contribution in [2.75, 3.05) is 0 Å². The first-order valence-corrected chi connectivity index (χ1v) is 20.6. The lowest BCUT2D eigenvalue weighted by Crippen LogP contribution is -2.36. The molecule has 0 fully saturated rings. The summed E-state index contributed by atoms with van der Waals surface area (Å²) in [5, 5.41) is 4.77. The Morgan fingerprint density at radius 3 is 1.71 bits per heavy atom. The van der Waals surface area contributed by atoms with Gasteiger partial charge in [-0.25, -0.2) is 9.97 Å². The molecule has 2 atom stereocenters. The summed E-state index contributed by atoms with van der Waals surface area (Å²) in [6.07, 6.45) is 10.2. The van der Waals surface area contributed by atoms with Crippen LogP contribution < -0.4 is 0 Å². The molecule has 2 heterocycles. The second-order valence-corrected chi connectivity index (χ2v) is 16.1. The van der Waals surface area contributed by atoms with Crippen molar-refractivity contribution in [1.82, 2.24) is 19.1 Å². The molecule has 8 aromatic carbocycles. The van der Waals surface area contributed by atoms with Gasteiger partial charge in [0.15, 0.2) is 0 Å². The van der Waals surface area contributed by atoms with Crippen LogP contribution in [0.4, 0.5) is 0 Å². The van der Waals surface area contributed by atoms with Gasteiger partial charge in [0.2, 0.25) is 0 Å². The third kappa shape index (κ3) is 4.71. The lowest BCUT2D eigenvalue weighted by molar-refractivity contribution is 0.458. The molecule has 2 aliphatic carbocycles. The summed E-state index contributed by atoms with van der Waals surface area (Å²) in [5.74, 6) is 2.12. The van der Waals surface area contributed by atoms with E-state index in [-0.39, 0.29) is 5.92 Å². The Bertz CT molecular complexity index is 3260. The Morgan fingerprint density at radius 2 is 1.07 bits per heavy atom. The highest BCUT2D eigenvalue weighted by Gasteiger charge is 2.50. The largest absolute Gasteiger partial charge is 0.296 e. The standard InChI is InChI=1S/C55H40N4/c1-35-56-47-28-11-13-30-51(47)58(35)49-32-16-23-40-44(49)34-45-41(24-17-33-50(45)59-36(2)57-48-29-12-14-31-52(48)59)53(40)43-26-15-25-42-39-22-9-10-27-46(39)55(54(42)43,37-18-5-3-6-19-37)38-20-7-4-8-21-38/h3-20,22-34,38H,21H2,1-2H3. The fourth-order valence-corrected chi connectivity index (χ4v) is 10.8. The average Bonchev–Trinajstić information content (AvgIpc) is 3.92. The van der Waals surface area contributed by atoms with Gasteiger partial charge in [0.05, 0.1) is 38.9 Å². The van der Waals surface area contributed by atoms with E-state index >= 15 is 0 Å². The number of aryl methyl sites for hydroxylation is 2. The molecule has 12 rings (SSSR count). The number of imidazole rings is 2. The lowest BCUT2D eigenvalue weighted by atomic mass is 9.61. The van der Waals surface area contributed by atoms with Crippen LogP contribution >= 0.6 is 0 Å². The number of benzene rings is 8. The van der Waals surface area contributed by atoms with Crippen molar-refractivity contribution in [2.24, 2.45) is 5.92 Å². The number of fused-ring (bicyclic) bond motifs is 7. The summed E-state index contributed by atoms with van der Waals surface area (Å²) >= 11 is 0. The summed E-state index contributed by atoms with van der Waals surface area (Å²) in [6, 6.07) is 60.5. The van der Waals surface area contributed by atoms with Gasteiger partial charge in [0, 0.05) is 10.8 Å². The van der Waals surface area contributed by atoms with Gasteiger partial charge in [-0.3, -0.25) is 9.13 Å². The normalized spacial score (nSPS) is 17.0. The smallest absolute Gasteiger partial charge is 0.111 e. The highest BCUT2D eigenvalue weighted by atomic mass is 15.1. The third-order valence-corrected chi connectivity index (χ3v) is 13.1. The van der Waals surface area contributed by atoms with Gasteiger partial charge in [-0.15, -0.1) is 0 Å². The van der Waals surface area contributed by atoms with Crippen molar-refractivity contribution >= 4 is 43.6 Å². The molecule has 0 N–H and O–H groups in total. The number of para-hydroxylation sites is 4. The SMILES string of the molecule is Cc1nc2ccccc2n1-c1cccc2c(-c3cccc4c3C(c3ccccc3)(C3C=CC=CC3)c3ccccc3-4)c3cccc(-n4c(C)nc5ccccc54)c3cc12. The molecular weight excluding hydrogens is 717 g/mol. The van der Waals surface area contributed by atoms with Crippen molar-refractivity contribution in [2.45, 2.75) is 25.7 Å². The number of nitrogens with zero attached hydrogens (tertiary/aromatic N) is 4. The van der Waals surface area contributed by atoms with Crippen molar-refractivity contribution in [3.05, 3.63) is 216 Å². The van der Waals surface area contributed by atoms with Crippen LogP contribution in [0.15, 0.2) is 188 Å². The molecule has 2 unspecified atom stereocenters. The number of rotatable bonds is 5. The maximum atomic E-state index is 5.06. The molecular formula is C55H40N4. The predicted octanol–water partition coefficient (Wildman–Crippen LogP) is 13.4. The van der Waals surface area contributed by atoms with E-state index in [9.17, 15) is 0 Å². The van der Waals surface area contributed by atoms with Gasteiger partial charge >= 0.3 is 0 Å². The monoisotopic (exact) mass is 756 g/mol. The minimum atomic E-state index is -0.441. The van der Waals surface area contributed by atoms with Crippen LogP contribution in [0.2, 0.25) is 0 Å².